The second-order valence-electron chi connectivity index (χ2n) is 4.31. The predicted octanol–water partition coefficient (Wildman–Crippen LogP) is 1.21. The fourth-order valence-corrected chi connectivity index (χ4v) is 2.04. The van der Waals surface area contributed by atoms with Gasteiger partial charge in [0, 0.05) is 33.8 Å². The normalized spacial score (nSPS) is 15.2. The van der Waals surface area contributed by atoms with E-state index in [1.54, 1.807) is 7.11 Å². The van der Waals surface area contributed by atoms with Gasteiger partial charge in [-0.3, -0.25) is 0 Å². The maximum Gasteiger partial charge on any atom is 0.231 e. The van der Waals surface area contributed by atoms with Crippen molar-refractivity contribution in [2.24, 2.45) is 0 Å². The Labute approximate surface area is 112 Å². The molecule has 0 saturated carbocycles. The number of rotatable bonds is 5. The quantitative estimate of drug-likeness (QED) is 0.802. The highest BCUT2D eigenvalue weighted by Gasteiger charge is 2.18. The van der Waals surface area contributed by atoms with Crippen LogP contribution >= 0.6 is 11.6 Å². The van der Waals surface area contributed by atoms with Gasteiger partial charge in [0.15, 0.2) is 0 Å². The molecular weight excluding hydrogens is 254 g/mol. The molecule has 2 heterocycles. The molecule has 0 amide bonds. The number of likely N-dealkylation sites (N-methyl/N-ethyl adjacent to an activating group) is 1. The molecule has 2 rings (SSSR count). The lowest BCUT2D eigenvalue weighted by atomic mass is 10.4. The number of halogens is 1. The van der Waals surface area contributed by atoms with E-state index in [4.69, 9.17) is 16.3 Å². The predicted molar refractivity (Wildman–Crippen MR) is 71.4 cm³/mol. The van der Waals surface area contributed by atoms with Crippen LogP contribution in [0.1, 0.15) is 12.8 Å². The smallest absolute Gasteiger partial charge is 0.231 e. The SMILES string of the molecule is COCCN(C)c1nc(Cl)nc(N2CCCC2)n1. The monoisotopic (exact) mass is 271 g/mol. The number of anilines is 2. The van der Waals surface area contributed by atoms with Gasteiger partial charge in [-0.15, -0.1) is 0 Å². The van der Waals surface area contributed by atoms with Gasteiger partial charge >= 0.3 is 0 Å². The summed E-state index contributed by atoms with van der Waals surface area (Å²) in [6.07, 6.45) is 2.36. The lowest BCUT2D eigenvalue weighted by molar-refractivity contribution is 0.206. The van der Waals surface area contributed by atoms with E-state index in [1.807, 2.05) is 11.9 Å². The molecule has 0 N–H and O–H groups in total. The molecular formula is C11H18ClN5O. The molecule has 1 aromatic rings. The van der Waals surface area contributed by atoms with Crippen LogP contribution in [0.2, 0.25) is 5.28 Å². The first-order valence-electron chi connectivity index (χ1n) is 6.07. The van der Waals surface area contributed by atoms with Gasteiger partial charge in [-0.05, 0) is 24.4 Å². The Kier molecular flexibility index (Phi) is 4.54. The minimum Gasteiger partial charge on any atom is -0.383 e. The van der Waals surface area contributed by atoms with E-state index < -0.39 is 0 Å². The molecule has 0 aliphatic carbocycles. The van der Waals surface area contributed by atoms with Gasteiger partial charge < -0.3 is 14.5 Å². The third kappa shape index (κ3) is 3.20. The lowest BCUT2D eigenvalue weighted by Gasteiger charge is -2.20. The third-order valence-electron chi connectivity index (χ3n) is 2.95. The van der Waals surface area contributed by atoms with Crippen molar-refractivity contribution >= 4 is 23.5 Å². The third-order valence-corrected chi connectivity index (χ3v) is 3.11. The molecule has 0 unspecified atom stereocenters. The molecule has 100 valence electrons. The molecule has 1 saturated heterocycles. The first-order valence-corrected chi connectivity index (χ1v) is 6.45. The highest BCUT2D eigenvalue weighted by Crippen LogP contribution is 2.19. The largest absolute Gasteiger partial charge is 0.383 e. The number of hydrogen-bond donors (Lipinski definition) is 0. The van der Waals surface area contributed by atoms with E-state index >= 15 is 0 Å². The summed E-state index contributed by atoms with van der Waals surface area (Å²) in [6, 6.07) is 0. The Balaban J connectivity index is 2.14. The van der Waals surface area contributed by atoms with Crippen molar-refractivity contribution in [1.29, 1.82) is 0 Å². The number of hydrogen-bond acceptors (Lipinski definition) is 6. The van der Waals surface area contributed by atoms with Crippen molar-refractivity contribution in [2.45, 2.75) is 12.8 Å². The molecule has 6 nitrogen and oxygen atoms in total. The van der Waals surface area contributed by atoms with E-state index in [0.29, 0.717) is 18.5 Å². The minimum atomic E-state index is 0.242. The van der Waals surface area contributed by atoms with Crippen LogP contribution < -0.4 is 9.80 Å². The topological polar surface area (TPSA) is 54.4 Å². The van der Waals surface area contributed by atoms with Gasteiger partial charge in [0.1, 0.15) is 0 Å². The van der Waals surface area contributed by atoms with Crippen molar-refractivity contribution in [3.05, 3.63) is 5.28 Å². The average molecular weight is 272 g/mol. The van der Waals surface area contributed by atoms with Crippen LogP contribution in [-0.4, -0.2) is 55.4 Å². The summed E-state index contributed by atoms with van der Waals surface area (Å²) >= 11 is 5.96. The minimum absolute atomic E-state index is 0.242. The van der Waals surface area contributed by atoms with Gasteiger partial charge in [-0.25, -0.2) is 0 Å². The van der Waals surface area contributed by atoms with E-state index in [1.165, 1.54) is 12.8 Å². The Morgan fingerprint density at radius 3 is 2.67 bits per heavy atom. The highest BCUT2D eigenvalue weighted by molar-refractivity contribution is 6.28. The fraction of sp³-hybridized carbons (Fsp3) is 0.727. The zero-order valence-corrected chi connectivity index (χ0v) is 11.5. The van der Waals surface area contributed by atoms with Crippen LogP contribution in [0.25, 0.3) is 0 Å². The van der Waals surface area contributed by atoms with E-state index in [-0.39, 0.29) is 5.28 Å². The molecule has 1 fully saturated rings. The van der Waals surface area contributed by atoms with E-state index in [9.17, 15) is 0 Å². The molecule has 0 aromatic carbocycles. The molecule has 1 aromatic heterocycles. The lowest BCUT2D eigenvalue weighted by Crippen LogP contribution is -2.27. The van der Waals surface area contributed by atoms with Crippen molar-refractivity contribution in [3.63, 3.8) is 0 Å². The molecule has 1 aliphatic rings. The Bertz CT molecular complexity index is 397. The zero-order chi connectivity index (χ0) is 13.0. The van der Waals surface area contributed by atoms with Crippen LogP contribution in [0.5, 0.6) is 0 Å². The summed E-state index contributed by atoms with van der Waals surface area (Å²) in [6.45, 7) is 3.32. The van der Waals surface area contributed by atoms with Crippen LogP contribution in [0, 0.1) is 0 Å². The first kappa shape index (κ1) is 13.3. The van der Waals surface area contributed by atoms with Gasteiger partial charge in [-0.2, -0.15) is 15.0 Å². The maximum atomic E-state index is 5.96. The standard InChI is InChI=1S/C11H18ClN5O/c1-16(7-8-18-2)10-13-9(12)14-11(15-10)17-5-3-4-6-17/h3-8H2,1-2H3. The van der Waals surface area contributed by atoms with E-state index in [0.717, 1.165) is 19.6 Å². The number of nitrogens with zero attached hydrogens (tertiary/aromatic N) is 5. The summed E-state index contributed by atoms with van der Waals surface area (Å²) in [5, 5.41) is 0.242. The first-order chi connectivity index (χ1) is 8.70. The Morgan fingerprint density at radius 2 is 2.00 bits per heavy atom. The highest BCUT2D eigenvalue weighted by atomic mass is 35.5. The molecule has 0 spiro atoms. The van der Waals surface area contributed by atoms with Crippen LogP contribution in [0.15, 0.2) is 0 Å². The average Bonchev–Trinajstić information content (AvgIpc) is 2.89. The van der Waals surface area contributed by atoms with Gasteiger partial charge in [-0.1, -0.05) is 0 Å². The van der Waals surface area contributed by atoms with Crippen molar-refractivity contribution in [1.82, 2.24) is 15.0 Å². The number of aromatic nitrogens is 3. The maximum absolute atomic E-state index is 5.96. The van der Waals surface area contributed by atoms with Gasteiger partial charge in [0.2, 0.25) is 17.2 Å². The van der Waals surface area contributed by atoms with Crippen molar-refractivity contribution in [2.75, 3.05) is 50.2 Å². The molecule has 7 heteroatoms. The van der Waals surface area contributed by atoms with Crippen LogP contribution in [-0.2, 0) is 4.74 Å². The van der Waals surface area contributed by atoms with Crippen molar-refractivity contribution in [3.8, 4) is 0 Å². The Hall–Kier alpha value is -1.14. The van der Waals surface area contributed by atoms with E-state index in [2.05, 4.69) is 19.9 Å². The second-order valence-corrected chi connectivity index (χ2v) is 4.65. The molecule has 0 atom stereocenters. The van der Waals surface area contributed by atoms with Gasteiger partial charge in [0.05, 0.1) is 6.61 Å². The van der Waals surface area contributed by atoms with Crippen LogP contribution in [0.3, 0.4) is 0 Å². The zero-order valence-electron chi connectivity index (χ0n) is 10.8. The molecule has 0 radical (unpaired) electrons. The molecule has 18 heavy (non-hydrogen) atoms. The molecule has 1 aliphatic heterocycles. The second kappa shape index (κ2) is 6.15. The summed E-state index contributed by atoms with van der Waals surface area (Å²) in [4.78, 5) is 16.8. The van der Waals surface area contributed by atoms with Gasteiger partial charge in [0.25, 0.3) is 0 Å². The number of ether oxygens (including phenoxy) is 1. The fourth-order valence-electron chi connectivity index (χ4n) is 1.89. The summed E-state index contributed by atoms with van der Waals surface area (Å²) in [7, 11) is 3.59. The van der Waals surface area contributed by atoms with Crippen LogP contribution in [0.4, 0.5) is 11.9 Å². The summed E-state index contributed by atoms with van der Waals surface area (Å²) in [5.74, 6) is 1.26. The summed E-state index contributed by atoms with van der Waals surface area (Å²) in [5.41, 5.74) is 0. The Morgan fingerprint density at radius 1 is 1.28 bits per heavy atom. The van der Waals surface area contributed by atoms with Crippen molar-refractivity contribution < 1.29 is 4.74 Å². The number of methoxy groups -OCH3 is 1. The molecule has 0 bridgehead atoms. The summed E-state index contributed by atoms with van der Waals surface area (Å²) < 4.78 is 5.04.